The van der Waals surface area contributed by atoms with Crippen molar-refractivity contribution in [3.8, 4) is 0 Å². The summed E-state index contributed by atoms with van der Waals surface area (Å²) in [5, 5.41) is 5.77. The van der Waals surface area contributed by atoms with E-state index in [-0.39, 0.29) is 6.03 Å². The number of benzene rings is 1. The molecule has 0 spiro atoms. The summed E-state index contributed by atoms with van der Waals surface area (Å²) in [6, 6.07) is 8.33. The summed E-state index contributed by atoms with van der Waals surface area (Å²) in [6.07, 6.45) is 0.865. The van der Waals surface area contributed by atoms with E-state index >= 15 is 0 Å². The number of nitrogens with zero attached hydrogens (tertiary/aromatic N) is 1. The first-order chi connectivity index (χ1) is 9.65. The van der Waals surface area contributed by atoms with Crippen LogP contribution in [0.25, 0.3) is 0 Å². The van der Waals surface area contributed by atoms with Crippen molar-refractivity contribution in [2.75, 3.05) is 32.7 Å². The average molecular weight is 277 g/mol. The molecule has 0 aliphatic heterocycles. The van der Waals surface area contributed by atoms with Crippen molar-refractivity contribution in [1.82, 2.24) is 15.5 Å². The lowest BCUT2D eigenvalue weighted by molar-refractivity contribution is 0.237. The van der Waals surface area contributed by atoms with E-state index in [0.29, 0.717) is 13.1 Å². The second kappa shape index (κ2) is 9.37. The number of nitrogens with one attached hydrogen (secondary N) is 2. The molecule has 0 unspecified atom stereocenters. The molecule has 20 heavy (non-hydrogen) atoms. The predicted molar refractivity (Wildman–Crippen MR) is 84.1 cm³/mol. The molecule has 0 atom stereocenters. The lowest BCUT2D eigenvalue weighted by atomic mass is 10.1. The van der Waals surface area contributed by atoms with Gasteiger partial charge < -0.3 is 15.5 Å². The van der Waals surface area contributed by atoms with E-state index in [1.165, 1.54) is 11.1 Å². The standard InChI is InChI=1S/C16H27N3O/c1-4-19(5-2)13-12-18-16(20)17-11-10-15-8-6-14(3)7-9-15/h6-9H,4-5,10-13H2,1-3H3,(H2,17,18,20). The highest BCUT2D eigenvalue weighted by atomic mass is 16.2. The van der Waals surface area contributed by atoms with Gasteiger partial charge in [0.15, 0.2) is 0 Å². The highest BCUT2D eigenvalue weighted by molar-refractivity contribution is 5.73. The van der Waals surface area contributed by atoms with Gasteiger partial charge in [0.1, 0.15) is 0 Å². The van der Waals surface area contributed by atoms with Crippen LogP contribution < -0.4 is 10.6 Å². The largest absolute Gasteiger partial charge is 0.338 e. The second-order valence-electron chi connectivity index (χ2n) is 4.95. The molecule has 0 fully saturated rings. The van der Waals surface area contributed by atoms with Crippen molar-refractivity contribution in [3.05, 3.63) is 35.4 Å². The lowest BCUT2D eigenvalue weighted by Gasteiger charge is -2.18. The summed E-state index contributed by atoms with van der Waals surface area (Å²) >= 11 is 0. The number of hydrogen-bond donors (Lipinski definition) is 2. The zero-order valence-corrected chi connectivity index (χ0v) is 12.9. The quantitative estimate of drug-likeness (QED) is 0.765. The van der Waals surface area contributed by atoms with Crippen molar-refractivity contribution >= 4 is 6.03 Å². The van der Waals surface area contributed by atoms with Gasteiger partial charge in [-0.25, -0.2) is 4.79 Å². The van der Waals surface area contributed by atoms with Gasteiger partial charge in [-0.05, 0) is 32.0 Å². The lowest BCUT2D eigenvalue weighted by Crippen LogP contribution is -2.41. The molecule has 2 N–H and O–H groups in total. The fraction of sp³-hybridized carbons (Fsp3) is 0.562. The SMILES string of the molecule is CCN(CC)CCNC(=O)NCCc1ccc(C)cc1. The van der Waals surface area contributed by atoms with Gasteiger partial charge in [-0.1, -0.05) is 43.7 Å². The van der Waals surface area contributed by atoms with Crippen LogP contribution in [0.2, 0.25) is 0 Å². The molecular formula is C16H27N3O. The number of amides is 2. The van der Waals surface area contributed by atoms with Gasteiger partial charge >= 0.3 is 6.03 Å². The van der Waals surface area contributed by atoms with E-state index in [1.807, 2.05) is 0 Å². The maximum absolute atomic E-state index is 11.6. The molecule has 0 heterocycles. The maximum atomic E-state index is 11.6. The van der Waals surface area contributed by atoms with E-state index in [0.717, 1.165) is 26.1 Å². The van der Waals surface area contributed by atoms with E-state index in [2.05, 4.69) is 60.6 Å². The summed E-state index contributed by atoms with van der Waals surface area (Å²) in [6.45, 7) is 10.6. The van der Waals surface area contributed by atoms with Crippen molar-refractivity contribution < 1.29 is 4.79 Å². The first kappa shape index (κ1) is 16.5. The molecule has 0 aliphatic carbocycles. The Morgan fingerprint density at radius 2 is 1.65 bits per heavy atom. The molecule has 0 bridgehead atoms. The third-order valence-electron chi connectivity index (χ3n) is 3.43. The normalized spacial score (nSPS) is 10.6. The number of hydrogen-bond acceptors (Lipinski definition) is 2. The Morgan fingerprint density at radius 3 is 2.25 bits per heavy atom. The molecule has 4 nitrogen and oxygen atoms in total. The summed E-state index contributed by atoms with van der Waals surface area (Å²) in [7, 11) is 0. The van der Waals surface area contributed by atoms with E-state index in [1.54, 1.807) is 0 Å². The fourth-order valence-corrected chi connectivity index (χ4v) is 2.00. The molecular weight excluding hydrogens is 250 g/mol. The molecule has 1 rings (SSSR count). The summed E-state index contributed by atoms with van der Waals surface area (Å²) in [5.41, 5.74) is 2.51. The van der Waals surface area contributed by atoms with Gasteiger partial charge in [-0.15, -0.1) is 0 Å². The van der Waals surface area contributed by atoms with Gasteiger partial charge in [0.05, 0.1) is 0 Å². The number of aryl methyl sites for hydroxylation is 1. The van der Waals surface area contributed by atoms with Crippen LogP contribution in [0.1, 0.15) is 25.0 Å². The Bertz CT molecular complexity index is 385. The van der Waals surface area contributed by atoms with Crippen molar-refractivity contribution in [2.24, 2.45) is 0 Å². The molecule has 0 aliphatic rings. The molecule has 0 radical (unpaired) electrons. The van der Waals surface area contributed by atoms with Crippen molar-refractivity contribution in [1.29, 1.82) is 0 Å². The van der Waals surface area contributed by atoms with Crippen LogP contribution in [-0.4, -0.2) is 43.7 Å². The first-order valence-electron chi connectivity index (χ1n) is 7.45. The van der Waals surface area contributed by atoms with Gasteiger partial charge in [-0.3, -0.25) is 0 Å². The predicted octanol–water partition coefficient (Wildman–Crippen LogP) is 2.18. The Labute approximate surface area is 122 Å². The molecule has 0 saturated heterocycles. The molecule has 0 aromatic heterocycles. The van der Waals surface area contributed by atoms with Crippen LogP contribution in [0.3, 0.4) is 0 Å². The third kappa shape index (κ3) is 6.57. The minimum atomic E-state index is -0.0794. The van der Waals surface area contributed by atoms with Crippen molar-refractivity contribution in [3.63, 3.8) is 0 Å². The molecule has 1 aromatic rings. The van der Waals surface area contributed by atoms with E-state index in [4.69, 9.17) is 0 Å². The molecule has 4 heteroatoms. The Morgan fingerprint density at radius 1 is 1.05 bits per heavy atom. The topological polar surface area (TPSA) is 44.4 Å². The molecule has 112 valence electrons. The smallest absolute Gasteiger partial charge is 0.314 e. The first-order valence-corrected chi connectivity index (χ1v) is 7.45. The van der Waals surface area contributed by atoms with Gasteiger partial charge in [0.2, 0.25) is 0 Å². The van der Waals surface area contributed by atoms with Gasteiger partial charge in [0, 0.05) is 19.6 Å². The summed E-state index contributed by atoms with van der Waals surface area (Å²) < 4.78 is 0. The van der Waals surface area contributed by atoms with Crippen LogP contribution >= 0.6 is 0 Å². The molecule has 2 amide bonds. The van der Waals surface area contributed by atoms with Gasteiger partial charge in [-0.2, -0.15) is 0 Å². The number of likely N-dealkylation sites (N-methyl/N-ethyl adjacent to an activating group) is 1. The monoisotopic (exact) mass is 277 g/mol. The summed E-state index contributed by atoms with van der Waals surface area (Å²) in [5.74, 6) is 0. The zero-order valence-electron chi connectivity index (χ0n) is 12.9. The second-order valence-corrected chi connectivity index (χ2v) is 4.95. The van der Waals surface area contributed by atoms with Crippen LogP contribution in [0.4, 0.5) is 4.79 Å². The Kier molecular flexibility index (Phi) is 7.73. The van der Waals surface area contributed by atoms with Crippen LogP contribution in [0.5, 0.6) is 0 Å². The van der Waals surface area contributed by atoms with E-state index in [9.17, 15) is 4.79 Å². The van der Waals surface area contributed by atoms with Crippen molar-refractivity contribution in [2.45, 2.75) is 27.2 Å². The van der Waals surface area contributed by atoms with Gasteiger partial charge in [0.25, 0.3) is 0 Å². The Balaban J connectivity index is 2.12. The zero-order chi connectivity index (χ0) is 14.8. The molecule has 0 saturated carbocycles. The molecule has 1 aromatic carbocycles. The highest BCUT2D eigenvalue weighted by Gasteiger charge is 2.02. The third-order valence-corrected chi connectivity index (χ3v) is 3.43. The summed E-state index contributed by atoms with van der Waals surface area (Å²) in [4.78, 5) is 13.9. The maximum Gasteiger partial charge on any atom is 0.314 e. The number of carbonyl (C=O) groups is 1. The van der Waals surface area contributed by atoms with Crippen LogP contribution in [0, 0.1) is 6.92 Å². The van der Waals surface area contributed by atoms with E-state index < -0.39 is 0 Å². The average Bonchev–Trinajstić information content (AvgIpc) is 2.46. The van der Waals surface area contributed by atoms with Crippen LogP contribution in [-0.2, 0) is 6.42 Å². The minimum Gasteiger partial charge on any atom is -0.338 e. The van der Waals surface area contributed by atoms with Crippen LogP contribution in [0.15, 0.2) is 24.3 Å². The highest BCUT2D eigenvalue weighted by Crippen LogP contribution is 2.02. The number of urea groups is 1. The number of rotatable bonds is 8. The fourth-order valence-electron chi connectivity index (χ4n) is 2.00. The Hall–Kier alpha value is -1.55. The minimum absolute atomic E-state index is 0.0794. The number of carbonyl (C=O) groups excluding carboxylic acids is 1.